The number of halogens is 5. The molecule has 4 aromatic rings. The average molecular weight is 697 g/mol. The number of amides is 1. The van der Waals surface area contributed by atoms with Crippen LogP contribution in [0.15, 0.2) is 24.3 Å². The maximum Gasteiger partial charge on any atom is 0.417 e. The predicted octanol–water partition coefficient (Wildman–Crippen LogP) is 6.08. The number of para-hydroxylation sites is 1. The van der Waals surface area contributed by atoms with E-state index >= 15 is 4.39 Å². The van der Waals surface area contributed by atoms with E-state index in [4.69, 9.17) is 16.3 Å². The molecular weight excluding hydrogens is 664 g/mol. The number of hydrogen-bond donors (Lipinski definition) is 0. The number of anilines is 1. The lowest BCUT2D eigenvalue weighted by atomic mass is 9.90. The minimum absolute atomic E-state index is 0.0163. The Hall–Kier alpha value is -4.66. The van der Waals surface area contributed by atoms with E-state index in [-0.39, 0.29) is 69.0 Å². The zero-order valence-electron chi connectivity index (χ0n) is 27.5. The highest BCUT2D eigenvalue weighted by Gasteiger charge is 2.44. The lowest BCUT2D eigenvalue weighted by molar-refractivity contribution is -0.137. The van der Waals surface area contributed by atoms with E-state index in [0.717, 1.165) is 6.07 Å². The lowest BCUT2D eigenvalue weighted by Crippen LogP contribution is -2.67. The lowest BCUT2D eigenvalue weighted by Gasteiger charge is -2.52. The zero-order valence-corrected chi connectivity index (χ0v) is 28.2. The molecule has 0 spiro atoms. The van der Waals surface area contributed by atoms with Gasteiger partial charge in [-0.25, -0.2) is 14.1 Å². The van der Waals surface area contributed by atoms with E-state index in [2.05, 4.69) is 45.0 Å². The van der Waals surface area contributed by atoms with Crippen molar-refractivity contribution in [2.24, 2.45) is 0 Å². The SMILES string of the molecule is CC#CC(=O)N1CC[C@H](n2nnc3c(N4CC(C)(N(C)C)C4)nc4c(F)c(-c5cccc(Cl)c5OC)c(C(F)(F)F)cc4c32)C[C@H]1CC#N. The number of piperidine rings is 1. The van der Waals surface area contributed by atoms with Crippen LogP contribution in [0.1, 0.15) is 44.7 Å². The molecule has 15 heteroatoms. The van der Waals surface area contributed by atoms with Gasteiger partial charge in [0.2, 0.25) is 0 Å². The highest BCUT2D eigenvalue weighted by molar-refractivity contribution is 6.32. The molecule has 0 aliphatic carbocycles. The Morgan fingerprint density at radius 2 is 1.98 bits per heavy atom. The molecule has 1 amide bonds. The smallest absolute Gasteiger partial charge is 0.417 e. The van der Waals surface area contributed by atoms with E-state index in [9.17, 15) is 23.2 Å². The van der Waals surface area contributed by atoms with Gasteiger partial charge in [-0.2, -0.15) is 18.4 Å². The molecule has 2 aromatic carbocycles. The van der Waals surface area contributed by atoms with Gasteiger partial charge >= 0.3 is 6.18 Å². The number of nitrogens with zero attached hydrogens (tertiary/aromatic N) is 8. The van der Waals surface area contributed by atoms with Gasteiger partial charge in [-0.3, -0.25) is 4.79 Å². The summed E-state index contributed by atoms with van der Waals surface area (Å²) in [5.74, 6) is 3.68. The van der Waals surface area contributed by atoms with Gasteiger partial charge < -0.3 is 19.4 Å². The van der Waals surface area contributed by atoms with Crippen LogP contribution in [-0.2, 0) is 11.0 Å². The second-order valence-corrected chi connectivity index (χ2v) is 13.2. The number of carbonyl (C=O) groups excluding carboxylic acids is 1. The maximum atomic E-state index is 17.0. The number of pyridine rings is 1. The third kappa shape index (κ3) is 5.77. The van der Waals surface area contributed by atoms with Gasteiger partial charge in [0.15, 0.2) is 17.2 Å². The Morgan fingerprint density at radius 3 is 2.61 bits per heavy atom. The van der Waals surface area contributed by atoms with Crippen molar-refractivity contribution >= 4 is 45.3 Å². The molecule has 2 aliphatic rings. The summed E-state index contributed by atoms with van der Waals surface area (Å²) >= 11 is 6.29. The molecule has 2 atom stereocenters. The van der Waals surface area contributed by atoms with Crippen molar-refractivity contribution in [1.29, 1.82) is 5.26 Å². The maximum absolute atomic E-state index is 17.0. The molecule has 2 fully saturated rings. The molecule has 10 nitrogen and oxygen atoms in total. The molecule has 6 rings (SSSR count). The van der Waals surface area contributed by atoms with Gasteiger partial charge in [0.1, 0.15) is 16.8 Å². The average Bonchev–Trinajstić information content (AvgIpc) is 3.48. The Bertz CT molecular complexity index is 2070. The van der Waals surface area contributed by atoms with Gasteiger partial charge in [-0.15, -0.1) is 5.10 Å². The molecule has 49 heavy (non-hydrogen) atoms. The van der Waals surface area contributed by atoms with Gasteiger partial charge in [0.25, 0.3) is 5.91 Å². The molecular formula is C34H33ClF4N8O2. The highest BCUT2D eigenvalue weighted by Crippen LogP contribution is 2.48. The van der Waals surface area contributed by atoms with E-state index in [1.165, 1.54) is 34.9 Å². The Kier molecular flexibility index (Phi) is 8.84. The number of carbonyl (C=O) groups is 1. The normalized spacial score (nSPS) is 19.1. The first-order valence-electron chi connectivity index (χ1n) is 15.6. The van der Waals surface area contributed by atoms with Crippen molar-refractivity contribution in [3.05, 3.63) is 40.7 Å². The highest BCUT2D eigenvalue weighted by atomic mass is 35.5. The minimum atomic E-state index is -4.99. The van der Waals surface area contributed by atoms with Gasteiger partial charge in [0, 0.05) is 42.2 Å². The van der Waals surface area contributed by atoms with Crippen LogP contribution in [0.2, 0.25) is 5.02 Å². The van der Waals surface area contributed by atoms with E-state index in [0.29, 0.717) is 19.5 Å². The van der Waals surface area contributed by atoms with Crippen LogP contribution in [0.5, 0.6) is 5.75 Å². The first-order valence-corrected chi connectivity index (χ1v) is 16.0. The fraction of sp³-hybridized carbons (Fsp3) is 0.441. The van der Waals surface area contributed by atoms with Crippen molar-refractivity contribution in [2.45, 2.75) is 56.9 Å². The molecule has 0 radical (unpaired) electrons. The number of benzene rings is 2. The van der Waals surface area contributed by atoms with Crippen LogP contribution in [0.25, 0.3) is 33.1 Å². The van der Waals surface area contributed by atoms with Crippen LogP contribution >= 0.6 is 11.6 Å². The Labute approximate surface area is 285 Å². The number of alkyl halides is 3. The molecule has 0 saturated carbocycles. The minimum Gasteiger partial charge on any atom is -0.495 e. The number of methoxy groups -OCH3 is 1. The molecule has 0 unspecified atom stereocenters. The van der Waals surface area contributed by atoms with Gasteiger partial charge in [-0.1, -0.05) is 34.9 Å². The van der Waals surface area contributed by atoms with Crippen LogP contribution in [0.3, 0.4) is 0 Å². The molecule has 2 saturated heterocycles. The van der Waals surface area contributed by atoms with Crippen molar-refractivity contribution in [3.8, 4) is 34.8 Å². The summed E-state index contributed by atoms with van der Waals surface area (Å²) in [6.45, 7) is 4.84. The zero-order chi connectivity index (χ0) is 35.4. The number of hydrogen-bond acceptors (Lipinski definition) is 8. The van der Waals surface area contributed by atoms with Crippen molar-refractivity contribution in [3.63, 3.8) is 0 Å². The van der Waals surface area contributed by atoms with Crippen LogP contribution in [0.4, 0.5) is 23.4 Å². The Morgan fingerprint density at radius 1 is 1.24 bits per heavy atom. The second-order valence-electron chi connectivity index (χ2n) is 12.8. The van der Waals surface area contributed by atoms with Crippen LogP contribution in [-0.4, -0.2) is 88.1 Å². The second kappa shape index (κ2) is 12.7. The van der Waals surface area contributed by atoms with Crippen LogP contribution in [0, 0.1) is 29.0 Å². The number of fused-ring (bicyclic) bond motifs is 3. The summed E-state index contributed by atoms with van der Waals surface area (Å²) in [6, 6.07) is 6.19. The quantitative estimate of drug-likeness (QED) is 0.177. The molecule has 2 aliphatic heterocycles. The van der Waals surface area contributed by atoms with Gasteiger partial charge in [-0.05, 0) is 58.8 Å². The summed E-state index contributed by atoms with van der Waals surface area (Å²) in [5.41, 5.74) is -2.28. The number of ether oxygens (including phenoxy) is 1. The molecule has 0 N–H and O–H groups in total. The van der Waals surface area contributed by atoms with Crippen molar-refractivity contribution in [1.82, 2.24) is 29.8 Å². The third-order valence-corrected chi connectivity index (χ3v) is 9.96. The largest absolute Gasteiger partial charge is 0.495 e. The number of rotatable bonds is 6. The third-order valence-electron chi connectivity index (χ3n) is 9.66. The molecule has 0 bridgehead atoms. The topological polar surface area (TPSA) is 103 Å². The molecule has 2 aromatic heterocycles. The van der Waals surface area contributed by atoms with Crippen molar-refractivity contribution < 1.29 is 27.1 Å². The standard InChI is InChI=1S/C34H33ClF4N8O2/c1-6-8-25(48)46-14-12-20(15-19(46)11-13-40)47-30-22-16-23(34(37,38)39)26(21-9-7-10-24(35)31(21)49-5)27(36)28(22)41-32(29(30)42-43-47)45-17-33(2,18-45)44(3)4/h7,9-10,16,19-20H,11-12,14-15,17-18H2,1-5H3/t19-,20+/m1/s1. The number of nitriles is 1. The predicted molar refractivity (Wildman–Crippen MR) is 177 cm³/mol. The van der Waals surface area contributed by atoms with Crippen LogP contribution < -0.4 is 9.64 Å². The summed E-state index contributed by atoms with van der Waals surface area (Å²) in [4.78, 5) is 22.9. The van der Waals surface area contributed by atoms with Crippen molar-refractivity contribution in [2.75, 3.05) is 45.7 Å². The summed E-state index contributed by atoms with van der Waals surface area (Å²) in [7, 11) is 5.14. The number of likely N-dealkylation sites (tertiary alicyclic amines) is 1. The Balaban J connectivity index is 1.62. The van der Waals surface area contributed by atoms with Gasteiger partial charge in [0.05, 0.1) is 41.8 Å². The summed E-state index contributed by atoms with van der Waals surface area (Å²) in [6.07, 6.45) is -4.36. The molecule has 4 heterocycles. The summed E-state index contributed by atoms with van der Waals surface area (Å²) in [5, 5.41) is 18.3. The number of aromatic nitrogens is 4. The first kappa shape index (κ1) is 34.2. The fourth-order valence-electron chi connectivity index (χ4n) is 6.87. The monoisotopic (exact) mass is 696 g/mol. The number of likely N-dealkylation sites (N-methyl/N-ethyl adjacent to an activating group) is 1. The summed E-state index contributed by atoms with van der Waals surface area (Å²) < 4.78 is 68.6. The van der Waals surface area contributed by atoms with E-state index < -0.39 is 41.1 Å². The van der Waals surface area contributed by atoms with E-state index in [1.807, 2.05) is 19.0 Å². The first-order chi connectivity index (χ1) is 23.2. The van der Waals surface area contributed by atoms with E-state index in [1.54, 1.807) is 6.92 Å². The fourth-order valence-corrected chi connectivity index (χ4v) is 7.12. The molecule has 256 valence electrons.